The van der Waals surface area contributed by atoms with Gasteiger partial charge in [0, 0.05) is 44.6 Å². The van der Waals surface area contributed by atoms with Crippen LogP contribution in [0.15, 0.2) is 73.1 Å². The van der Waals surface area contributed by atoms with E-state index in [4.69, 9.17) is 0 Å². The summed E-state index contributed by atoms with van der Waals surface area (Å²) in [7, 11) is 0. The van der Waals surface area contributed by atoms with Crippen molar-refractivity contribution in [2.45, 2.75) is 51.2 Å². The van der Waals surface area contributed by atoms with Gasteiger partial charge < -0.3 is 10.2 Å². The second kappa shape index (κ2) is 10.4. The zero-order valence-corrected chi connectivity index (χ0v) is 20.0. The average Bonchev–Trinajstić information content (AvgIpc) is 2.93. The Morgan fingerprint density at radius 2 is 1.76 bits per heavy atom. The van der Waals surface area contributed by atoms with E-state index >= 15 is 0 Å². The Morgan fingerprint density at radius 1 is 1.00 bits per heavy atom. The van der Waals surface area contributed by atoms with Gasteiger partial charge in [-0.25, -0.2) is 4.79 Å². The molecule has 0 bridgehead atoms. The summed E-state index contributed by atoms with van der Waals surface area (Å²) in [6, 6.07) is 21.6. The van der Waals surface area contributed by atoms with Crippen LogP contribution in [0.4, 0.5) is 4.79 Å². The Kier molecular flexibility index (Phi) is 6.91. The summed E-state index contributed by atoms with van der Waals surface area (Å²) in [6.07, 6.45) is 7.76. The third kappa shape index (κ3) is 5.00. The molecule has 176 valence electrons. The molecule has 0 saturated carbocycles. The molecule has 1 saturated heterocycles. The van der Waals surface area contributed by atoms with Crippen LogP contribution in [0.3, 0.4) is 0 Å². The Hall–Kier alpha value is -3.18. The van der Waals surface area contributed by atoms with Crippen LogP contribution in [-0.4, -0.2) is 46.5 Å². The number of nitrogens with zero attached hydrogens (tertiary/aromatic N) is 3. The van der Waals surface area contributed by atoms with Crippen LogP contribution in [0.5, 0.6) is 0 Å². The van der Waals surface area contributed by atoms with Crippen molar-refractivity contribution in [2.24, 2.45) is 0 Å². The molecule has 5 rings (SSSR count). The molecule has 2 aromatic carbocycles. The van der Waals surface area contributed by atoms with Crippen molar-refractivity contribution < 1.29 is 4.79 Å². The first-order valence-corrected chi connectivity index (χ1v) is 12.5. The van der Waals surface area contributed by atoms with Gasteiger partial charge in [-0.1, -0.05) is 60.7 Å². The number of aryl methyl sites for hydroxylation is 2. The van der Waals surface area contributed by atoms with Gasteiger partial charge in [-0.2, -0.15) is 0 Å². The number of nitrogens with one attached hydrogen (secondary N) is 1. The number of hydrogen-bond donors (Lipinski definition) is 1. The highest BCUT2D eigenvalue weighted by Crippen LogP contribution is 2.36. The van der Waals surface area contributed by atoms with Crippen molar-refractivity contribution >= 4 is 6.03 Å². The van der Waals surface area contributed by atoms with Gasteiger partial charge in [0.25, 0.3) is 0 Å². The fourth-order valence-electron chi connectivity index (χ4n) is 5.53. The summed E-state index contributed by atoms with van der Waals surface area (Å²) in [4.78, 5) is 22.6. The quantitative estimate of drug-likeness (QED) is 0.597. The zero-order chi connectivity index (χ0) is 23.3. The van der Waals surface area contributed by atoms with Gasteiger partial charge in [-0.05, 0) is 60.4 Å². The molecule has 1 fully saturated rings. The number of benzene rings is 2. The summed E-state index contributed by atoms with van der Waals surface area (Å²) < 4.78 is 0. The fraction of sp³-hybridized carbons (Fsp3) is 0.379. The maximum Gasteiger partial charge on any atom is 0.318 e. The number of aromatic nitrogens is 1. The number of hydrogen-bond acceptors (Lipinski definition) is 3. The van der Waals surface area contributed by atoms with Crippen LogP contribution < -0.4 is 5.32 Å². The van der Waals surface area contributed by atoms with Crippen molar-refractivity contribution in [3.8, 4) is 0 Å². The minimum atomic E-state index is -0.0759. The summed E-state index contributed by atoms with van der Waals surface area (Å²) in [5, 5.41) is 3.23. The molecule has 1 unspecified atom stereocenters. The predicted octanol–water partition coefficient (Wildman–Crippen LogP) is 5.10. The van der Waals surface area contributed by atoms with Crippen LogP contribution in [0.25, 0.3) is 0 Å². The summed E-state index contributed by atoms with van der Waals surface area (Å²) in [5.74, 6) is 0. The highest BCUT2D eigenvalue weighted by atomic mass is 16.2. The number of carbonyl (C=O) groups excluding carboxylic acids is 1. The lowest BCUT2D eigenvalue weighted by Crippen LogP contribution is -2.52. The van der Waals surface area contributed by atoms with Gasteiger partial charge in [0.2, 0.25) is 0 Å². The van der Waals surface area contributed by atoms with Crippen LogP contribution in [0.1, 0.15) is 53.1 Å². The van der Waals surface area contributed by atoms with E-state index in [2.05, 4.69) is 81.6 Å². The summed E-state index contributed by atoms with van der Waals surface area (Å²) in [6.45, 7) is 5.67. The number of amides is 2. The monoisotopic (exact) mass is 454 g/mol. The van der Waals surface area contributed by atoms with Gasteiger partial charge in [-0.3, -0.25) is 9.88 Å². The van der Waals surface area contributed by atoms with Crippen molar-refractivity contribution in [2.75, 3.05) is 19.6 Å². The number of pyridine rings is 1. The third-order valence-corrected chi connectivity index (χ3v) is 7.17. The van der Waals surface area contributed by atoms with E-state index in [9.17, 15) is 4.79 Å². The molecule has 2 amide bonds. The van der Waals surface area contributed by atoms with Crippen LogP contribution in [0.2, 0.25) is 0 Å². The summed E-state index contributed by atoms with van der Waals surface area (Å²) >= 11 is 0. The smallest absolute Gasteiger partial charge is 0.318 e. The maximum absolute atomic E-state index is 13.6. The zero-order valence-electron chi connectivity index (χ0n) is 20.0. The van der Waals surface area contributed by atoms with Gasteiger partial charge >= 0.3 is 6.03 Å². The van der Waals surface area contributed by atoms with E-state index in [-0.39, 0.29) is 18.1 Å². The largest absolute Gasteiger partial charge is 0.338 e. The van der Waals surface area contributed by atoms with Crippen LogP contribution in [0, 0.1) is 6.92 Å². The molecule has 5 heteroatoms. The average molecular weight is 455 g/mol. The lowest BCUT2D eigenvalue weighted by molar-refractivity contribution is 0.101. The Balaban J connectivity index is 1.43. The van der Waals surface area contributed by atoms with Crippen molar-refractivity contribution in [3.05, 3.63) is 101 Å². The number of likely N-dealkylation sites (tertiary alicyclic amines) is 1. The molecule has 3 aromatic rings. The second-order valence-electron chi connectivity index (χ2n) is 9.63. The molecular weight excluding hydrogens is 420 g/mol. The predicted molar refractivity (Wildman–Crippen MR) is 136 cm³/mol. The number of carbonyl (C=O) groups is 1. The first kappa shape index (κ1) is 22.6. The van der Waals surface area contributed by atoms with Gasteiger partial charge in [0.05, 0.1) is 6.04 Å². The van der Waals surface area contributed by atoms with Crippen LogP contribution in [-0.2, 0) is 13.0 Å². The number of rotatable bonds is 4. The van der Waals surface area contributed by atoms with E-state index in [0.29, 0.717) is 6.54 Å². The summed E-state index contributed by atoms with van der Waals surface area (Å²) in [5.41, 5.74) is 6.25. The highest BCUT2D eigenvalue weighted by molar-refractivity contribution is 5.76. The lowest BCUT2D eigenvalue weighted by atomic mass is 9.89. The van der Waals surface area contributed by atoms with Gasteiger partial charge in [0.1, 0.15) is 0 Å². The molecule has 3 heterocycles. The minimum absolute atomic E-state index is 0.0619. The van der Waals surface area contributed by atoms with Crippen molar-refractivity contribution in [3.63, 3.8) is 0 Å². The van der Waals surface area contributed by atoms with Crippen LogP contribution >= 0.6 is 0 Å². The molecule has 0 radical (unpaired) electrons. The lowest BCUT2D eigenvalue weighted by Gasteiger charge is -2.43. The van der Waals surface area contributed by atoms with E-state index in [1.54, 1.807) is 0 Å². The van der Waals surface area contributed by atoms with Gasteiger partial charge in [-0.15, -0.1) is 0 Å². The normalized spacial score (nSPS) is 20.1. The molecule has 1 atom stereocenters. The molecule has 5 nitrogen and oxygen atoms in total. The molecule has 2 aliphatic rings. The van der Waals surface area contributed by atoms with E-state index in [1.807, 2.05) is 18.5 Å². The molecular formula is C29H34N4O. The SMILES string of the molecule is Cc1cncc(CN2CCC(N3C(=O)NCCCc4ccccc4C3c3ccccc3)CC2)c1. The molecule has 0 aliphatic carbocycles. The second-order valence-corrected chi connectivity index (χ2v) is 9.63. The van der Waals surface area contributed by atoms with Crippen molar-refractivity contribution in [1.82, 2.24) is 20.1 Å². The molecule has 2 aliphatic heterocycles. The van der Waals surface area contributed by atoms with E-state index < -0.39 is 0 Å². The number of fused-ring (bicyclic) bond motifs is 1. The Labute approximate surface area is 202 Å². The molecule has 34 heavy (non-hydrogen) atoms. The Bertz CT molecular complexity index is 1110. The first-order valence-electron chi connectivity index (χ1n) is 12.5. The van der Waals surface area contributed by atoms with E-state index in [0.717, 1.165) is 45.3 Å². The Morgan fingerprint density at radius 3 is 2.56 bits per heavy atom. The number of urea groups is 1. The first-order chi connectivity index (χ1) is 16.7. The standard InChI is InChI=1S/C29H34N4O/c1-22-18-23(20-30-19-22)21-32-16-13-26(14-17-32)33-28(25-9-3-2-4-10-25)27-12-6-5-8-24(27)11-7-15-31-29(33)34/h2-6,8-10,12,18-20,26,28H,7,11,13-17,21H2,1H3,(H,31,34). The molecule has 1 N–H and O–H groups in total. The molecule has 1 aromatic heterocycles. The maximum atomic E-state index is 13.6. The van der Waals surface area contributed by atoms with Crippen molar-refractivity contribution in [1.29, 1.82) is 0 Å². The van der Waals surface area contributed by atoms with Gasteiger partial charge in [0.15, 0.2) is 0 Å². The highest BCUT2D eigenvalue weighted by Gasteiger charge is 2.36. The fourth-order valence-corrected chi connectivity index (χ4v) is 5.53. The topological polar surface area (TPSA) is 48.5 Å². The minimum Gasteiger partial charge on any atom is -0.338 e. The van der Waals surface area contributed by atoms with E-state index in [1.165, 1.54) is 27.8 Å². The molecule has 0 spiro atoms. The third-order valence-electron chi connectivity index (χ3n) is 7.17. The number of piperidine rings is 1.